The van der Waals surface area contributed by atoms with Crippen LogP contribution < -0.4 is 5.32 Å². The number of alkyl halides is 3. The number of hydrogen-bond acceptors (Lipinski definition) is 3. The van der Waals surface area contributed by atoms with Crippen LogP contribution in [-0.4, -0.2) is 22.2 Å². The molecule has 0 heterocycles. The summed E-state index contributed by atoms with van der Waals surface area (Å²) in [6.07, 6.45) is -4.29. The van der Waals surface area contributed by atoms with Crippen LogP contribution in [0.3, 0.4) is 0 Å². The Balaban J connectivity index is 0.000000273. The highest BCUT2D eigenvalue weighted by Crippen LogP contribution is 2.30. The molecule has 0 saturated carbocycles. The topological polar surface area (TPSA) is 86.6 Å². The Kier molecular flexibility index (Phi) is 8.76. The van der Waals surface area contributed by atoms with E-state index in [1.54, 1.807) is 0 Å². The molecule has 0 aliphatic rings. The molecule has 8 heteroatoms. The van der Waals surface area contributed by atoms with Gasteiger partial charge in [0.05, 0.1) is 16.7 Å². The lowest BCUT2D eigenvalue weighted by Gasteiger charge is -2.21. The summed E-state index contributed by atoms with van der Waals surface area (Å²) in [5, 5.41) is 20.5. The summed E-state index contributed by atoms with van der Waals surface area (Å²) in [6.45, 7) is 3.98. The minimum Gasteiger partial charge on any atom is -0.478 e. The Bertz CT molecular complexity index is 1030. The highest BCUT2D eigenvalue weighted by atomic mass is 19.4. The molecule has 5 nitrogen and oxygen atoms in total. The maximum absolute atomic E-state index is 12.5. The summed E-state index contributed by atoms with van der Waals surface area (Å²) in [5.74, 6) is -2.46. The minimum atomic E-state index is -4.29. The second kappa shape index (κ2) is 11.3. The van der Waals surface area contributed by atoms with Crippen LogP contribution in [0.25, 0.3) is 0 Å². The third kappa shape index (κ3) is 7.47. The van der Waals surface area contributed by atoms with Gasteiger partial charge in [-0.25, -0.2) is 9.59 Å². The smallest absolute Gasteiger partial charge is 0.416 e. The van der Waals surface area contributed by atoms with E-state index in [-0.39, 0.29) is 23.2 Å². The summed E-state index contributed by atoms with van der Waals surface area (Å²) in [7, 11) is 0. The van der Waals surface area contributed by atoms with Crippen molar-refractivity contribution in [3.8, 4) is 0 Å². The Morgan fingerprint density at radius 2 is 1.09 bits per heavy atom. The van der Waals surface area contributed by atoms with Crippen molar-refractivity contribution in [2.75, 3.05) is 0 Å². The number of hydrogen-bond donors (Lipinski definition) is 3. The number of benzene rings is 3. The SMILES string of the molecule is CC(NC(C)c1ccc(C(F)(F)F)cc1)c1ccccc1.O=C(O)c1ccccc1C(=O)O. The molecular weight excluding hydrogens is 435 g/mol. The molecule has 0 aliphatic heterocycles. The van der Waals surface area contributed by atoms with Crippen LogP contribution in [0.5, 0.6) is 0 Å². The summed E-state index contributed by atoms with van der Waals surface area (Å²) < 4.78 is 37.6. The van der Waals surface area contributed by atoms with E-state index in [1.807, 2.05) is 44.2 Å². The van der Waals surface area contributed by atoms with Gasteiger partial charge in [-0.2, -0.15) is 13.2 Å². The fourth-order valence-corrected chi connectivity index (χ4v) is 3.13. The molecule has 3 aromatic rings. The predicted octanol–water partition coefficient (Wildman–Crippen LogP) is 6.20. The molecule has 0 aromatic heterocycles. The molecule has 3 rings (SSSR count). The molecular formula is C25H24F3NO4. The molecule has 3 N–H and O–H groups in total. The second-order valence-corrected chi connectivity index (χ2v) is 7.30. The lowest BCUT2D eigenvalue weighted by molar-refractivity contribution is -0.137. The lowest BCUT2D eigenvalue weighted by Crippen LogP contribution is -2.22. The molecule has 0 radical (unpaired) electrons. The fourth-order valence-electron chi connectivity index (χ4n) is 3.13. The van der Waals surface area contributed by atoms with Crippen molar-refractivity contribution in [2.45, 2.75) is 32.1 Å². The summed E-state index contributed by atoms with van der Waals surface area (Å²) in [5.41, 5.74) is 0.992. The van der Waals surface area contributed by atoms with Gasteiger partial charge in [0.1, 0.15) is 0 Å². The van der Waals surface area contributed by atoms with Crippen LogP contribution in [0.15, 0.2) is 78.9 Å². The number of carbonyl (C=O) groups is 2. The maximum atomic E-state index is 12.5. The van der Waals surface area contributed by atoms with Crippen molar-refractivity contribution in [3.63, 3.8) is 0 Å². The summed E-state index contributed by atoms with van der Waals surface area (Å²) in [6, 6.07) is 20.8. The molecule has 3 aromatic carbocycles. The standard InChI is InChI=1S/C17H18F3N.C8H6O4/c1-12(14-6-4-3-5-7-14)21-13(2)15-8-10-16(11-9-15)17(18,19)20;9-7(10)5-3-1-2-4-6(5)8(11)12/h3-13,21H,1-2H3;1-4H,(H,9,10)(H,11,12). The van der Waals surface area contributed by atoms with Crippen LogP contribution in [0.4, 0.5) is 13.2 Å². The van der Waals surface area contributed by atoms with Gasteiger partial charge in [0, 0.05) is 12.1 Å². The average molecular weight is 459 g/mol. The molecule has 0 saturated heterocycles. The molecule has 33 heavy (non-hydrogen) atoms. The third-order valence-corrected chi connectivity index (χ3v) is 4.93. The number of nitrogens with one attached hydrogen (secondary N) is 1. The van der Waals surface area contributed by atoms with E-state index in [2.05, 4.69) is 5.32 Å². The van der Waals surface area contributed by atoms with Crippen molar-refractivity contribution in [3.05, 3.63) is 107 Å². The Morgan fingerprint density at radius 1 is 0.697 bits per heavy atom. The van der Waals surface area contributed by atoms with E-state index in [1.165, 1.54) is 36.4 Å². The van der Waals surface area contributed by atoms with E-state index in [9.17, 15) is 22.8 Å². The van der Waals surface area contributed by atoms with Gasteiger partial charge in [0.15, 0.2) is 0 Å². The van der Waals surface area contributed by atoms with Crippen molar-refractivity contribution >= 4 is 11.9 Å². The molecule has 2 unspecified atom stereocenters. The molecule has 0 fully saturated rings. The van der Waals surface area contributed by atoms with Gasteiger partial charge >= 0.3 is 18.1 Å². The first kappa shape index (κ1) is 25.6. The van der Waals surface area contributed by atoms with Gasteiger partial charge in [-0.05, 0) is 49.2 Å². The zero-order valence-corrected chi connectivity index (χ0v) is 18.0. The van der Waals surface area contributed by atoms with Crippen molar-refractivity contribution in [1.82, 2.24) is 5.32 Å². The zero-order chi connectivity index (χ0) is 24.6. The van der Waals surface area contributed by atoms with Crippen LogP contribution in [0, 0.1) is 0 Å². The van der Waals surface area contributed by atoms with Gasteiger partial charge in [0.25, 0.3) is 0 Å². The van der Waals surface area contributed by atoms with Gasteiger partial charge in [-0.1, -0.05) is 54.6 Å². The van der Waals surface area contributed by atoms with Crippen molar-refractivity contribution in [1.29, 1.82) is 0 Å². The Morgan fingerprint density at radius 3 is 1.48 bits per heavy atom. The first-order valence-electron chi connectivity index (χ1n) is 10.0. The van der Waals surface area contributed by atoms with Gasteiger partial charge in [-0.15, -0.1) is 0 Å². The molecule has 0 amide bonds. The van der Waals surface area contributed by atoms with Gasteiger partial charge < -0.3 is 15.5 Å². The van der Waals surface area contributed by atoms with Crippen LogP contribution in [0.2, 0.25) is 0 Å². The second-order valence-electron chi connectivity index (χ2n) is 7.30. The zero-order valence-electron chi connectivity index (χ0n) is 18.0. The number of aromatic carboxylic acids is 2. The van der Waals surface area contributed by atoms with E-state index in [0.717, 1.165) is 23.3 Å². The molecule has 174 valence electrons. The highest BCUT2D eigenvalue weighted by Gasteiger charge is 2.30. The average Bonchev–Trinajstić information content (AvgIpc) is 2.79. The van der Waals surface area contributed by atoms with Crippen LogP contribution >= 0.6 is 0 Å². The highest BCUT2D eigenvalue weighted by molar-refractivity contribution is 6.01. The van der Waals surface area contributed by atoms with E-state index in [4.69, 9.17) is 10.2 Å². The summed E-state index contributed by atoms with van der Waals surface area (Å²) in [4.78, 5) is 20.9. The number of halogens is 3. The monoisotopic (exact) mass is 459 g/mol. The van der Waals surface area contributed by atoms with Gasteiger partial charge in [0.2, 0.25) is 0 Å². The number of carboxylic acid groups (broad SMARTS) is 2. The predicted molar refractivity (Wildman–Crippen MR) is 118 cm³/mol. The van der Waals surface area contributed by atoms with Crippen molar-refractivity contribution < 1.29 is 33.0 Å². The first-order valence-corrected chi connectivity index (χ1v) is 10.0. The quantitative estimate of drug-likeness (QED) is 0.409. The molecule has 0 aliphatic carbocycles. The third-order valence-electron chi connectivity index (χ3n) is 4.93. The molecule has 0 bridgehead atoms. The van der Waals surface area contributed by atoms with E-state index >= 15 is 0 Å². The van der Waals surface area contributed by atoms with Crippen LogP contribution in [-0.2, 0) is 6.18 Å². The van der Waals surface area contributed by atoms with Gasteiger partial charge in [-0.3, -0.25) is 0 Å². The van der Waals surface area contributed by atoms with Crippen LogP contribution in [0.1, 0.15) is 63.3 Å². The fraction of sp³-hybridized carbons (Fsp3) is 0.200. The minimum absolute atomic E-state index is 0.0255. The normalized spacial score (nSPS) is 12.8. The maximum Gasteiger partial charge on any atom is 0.416 e. The number of rotatable bonds is 6. The summed E-state index contributed by atoms with van der Waals surface area (Å²) >= 11 is 0. The van der Waals surface area contributed by atoms with E-state index < -0.39 is 23.7 Å². The molecule has 0 spiro atoms. The largest absolute Gasteiger partial charge is 0.478 e. The number of carboxylic acids is 2. The Labute approximate surface area is 189 Å². The van der Waals surface area contributed by atoms with Crippen molar-refractivity contribution in [2.24, 2.45) is 0 Å². The Hall–Kier alpha value is -3.65. The lowest BCUT2D eigenvalue weighted by atomic mass is 10.0. The first-order chi connectivity index (χ1) is 15.5. The van der Waals surface area contributed by atoms with E-state index in [0.29, 0.717) is 0 Å². The molecule has 2 atom stereocenters.